The number of hydrazine groups is 1. The van der Waals surface area contributed by atoms with E-state index in [2.05, 4.69) is 58.6 Å². The van der Waals surface area contributed by atoms with Crippen LogP contribution in [0.4, 0.5) is 0 Å². The van der Waals surface area contributed by atoms with Crippen LogP contribution in [0.1, 0.15) is 10.6 Å². The molecular weight excluding hydrogens is 280 g/mol. The molecule has 1 N–H and O–H groups in total. The summed E-state index contributed by atoms with van der Waals surface area (Å²) in [5.74, 6) is 0. The second kappa shape index (κ2) is 6.66. The van der Waals surface area contributed by atoms with Crippen LogP contribution in [0.25, 0.3) is 10.4 Å². The average Bonchev–Trinajstić information content (AvgIpc) is 2.96. The summed E-state index contributed by atoms with van der Waals surface area (Å²) in [4.78, 5) is 8.13. The quantitative estimate of drug-likeness (QED) is 0.939. The molecule has 0 amide bonds. The highest BCUT2D eigenvalue weighted by Crippen LogP contribution is 2.26. The van der Waals surface area contributed by atoms with Crippen LogP contribution in [-0.2, 0) is 6.54 Å². The normalized spacial score (nSPS) is 17.2. The van der Waals surface area contributed by atoms with Crippen LogP contribution >= 0.6 is 11.3 Å². The molecule has 1 aromatic heterocycles. The lowest BCUT2D eigenvalue weighted by molar-refractivity contribution is 0.102. The van der Waals surface area contributed by atoms with E-state index in [1.165, 1.54) is 16.0 Å². The van der Waals surface area contributed by atoms with Crippen LogP contribution in [0.5, 0.6) is 0 Å². The molecule has 1 saturated heterocycles. The van der Waals surface area contributed by atoms with Crippen molar-refractivity contribution in [2.75, 3.05) is 33.2 Å². The standard InChI is InChI=1S/C16H22N4S/c1-13-3-5-14(6-4-13)15-11-17-16(21-15)12-18-20-9-7-19(2)8-10-20/h3-6,11,18H,7-10,12H2,1-2H3. The van der Waals surface area contributed by atoms with E-state index in [0.717, 1.165) is 37.7 Å². The number of benzene rings is 1. The maximum absolute atomic E-state index is 4.53. The van der Waals surface area contributed by atoms with Gasteiger partial charge in [-0.25, -0.2) is 15.4 Å². The average molecular weight is 302 g/mol. The molecule has 3 rings (SSSR count). The minimum Gasteiger partial charge on any atom is -0.304 e. The summed E-state index contributed by atoms with van der Waals surface area (Å²) in [5.41, 5.74) is 6.03. The van der Waals surface area contributed by atoms with E-state index in [-0.39, 0.29) is 0 Å². The molecule has 1 aliphatic rings. The summed E-state index contributed by atoms with van der Waals surface area (Å²) in [6.45, 7) is 7.33. The van der Waals surface area contributed by atoms with E-state index < -0.39 is 0 Å². The molecular formula is C16H22N4S. The molecule has 0 spiro atoms. The summed E-state index contributed by atoms with van der Waals surface area (Å²) in [7, 11) is 2.17. The molecule has 0 atom stereocenters. The molecule has 0 unspecified atom stereocenters. The fraction of sp³-hybridized carbons (Fsp3) is 0.438. The van der Waals surface area contributed by atoms with Crippen molar-refractivity contribution in [1.29, 1.82) is 0 Å². The Hall–Kier alpha value is -1.27. The van der Waals surface area contributed by atoms with Crippen LogP contribution in [0.2, 0.25) is 0 Å². The van der Waals surface area contributed by atoms with Gasteiger partial charge in [-0.3, -0.25) is 0 Å². The summed E-state index contributed by atoms with van der Waals surface area (Å²) < 4.78 is 0. The van der Waals surface area contributed by atoms with E-state index in [1.807, 2.05) is 6.20 Å². The lowest BCUT2D eigenvalue weighted by Crippen LogP contribution is -2.50. The number of thiazole rings is 1. The molecule has 1 aromatic carbocycles. The third-order valence-electron chi connectivity index (χ3n) is 3.85. The molecule has 112 valence electrons. The summed E-state index contributed by atoms with van der Waals surface area (Å²) in [6, 6.07) is 8.63. The predicted molar refractivity (Wildman–Crippen MR) is 88.2 cm³/mol. The maximum atomic E-state index is 4.53. The number of hydrogen-bond donors (Lipinski definition) is 1. The van der Waals surface area contributed by atoms with Gasteiger partial charge in [-0.05, 0) is 19.5 Å². The van der Waals surface area contributed by atoms with Crippen molar-refractivity contribution in [2.45, 2.75) is 13.5 Å². The number of nitrogens with zero attached hydrogens (tertiary/aromatic N) is 3. The topological polar surface area (TPSA) is 31.4 Å². The van der Waals surface area contributed by atoms with Crippen LogP contribution in [0.15, 0.2) is 30.5 Å². The molecule has 0 radical (unpaired) electrons. The Kier molecular flexibility index (Phi) is 4.65. The van der Waals surface area contributed by atoms with Crippen molar-refractivity contribution in [3.8, 4) is 10.4 Å². The maximum Gasteiger partial charge on any atom is 0.108 e. The number of rotatable bonds is 4. The van der Waals surface area contributed by atoms with Gasteiger partial charge in [0.05, 0.1) is 11.4 Å². The van der Waals surface area contributed by atoms with Crippen LogP contribution < -0.4 is 5.43 Å². The van der Waals surface area contributed by atoms with Crippen molar-refractivity contribution >= 4 is 11.3 Å². The first-order valence-electron chi connectivity index (χ1n) is 7.39. The Balaban J connectivity index is 1.56. The number of likely N-dealkylation sites (N-methyl/N-ethyl adjacent to an activating group) is 1. The molecule has 4 nitrogen and oxygen atoms in total. The fourth-order valence-corrected chi connectivity index (χ4v) is 3.24. The minimum atomic E-state index is 0.820. The van der Waals surface area contributed by atoms with Crippen LogP contribution in [-0.4, -0.2) is 48.1 Å². The zero-order valence-electron chi connectivity index (χ0n) is 12.7. The van der Waals surface area contributed by atoms with Gasteiger partial charge in [0.1, 0.15) is 5.01 Å². The van der Waals surface area contributed by atoms with E-state index >= 15 is 0 Å². The molecule has 21 heavy (non-hydrogen) atoms. The highest BCUT2D eigenvalue weighted by Gasteiger charge is 2.13. The van der Waals surface area contributed by atoms with Crippen molar-refractivity contribution in [1.82, 2.24) is 20.3 Å². The number of aryl methyl sites for hydroxylation is 1. The van der Waals surface area contributed by atoms with Crippen molar-refractivity contribution < 1.29 is 0 Å². The Morgan fingerprint density at radius 3 is 2.57 bits per heavy atom. The monoisotopic (exact) mass is 302 g/mol. The zero-order chi connectivity index (χ0) is 14.7. The summed E-state index contributed by atoms with van der Waals surface area (Å²) >= 11 is 1.77. The third kappa shape index (κ3) is 3.89. The van der Waals surface area contributed by atoms with Gasteiger partial charge in [0.25, 0.3) is 0 Å². The predicted octanol–water partition coefficient (Wildman–Crippen LogP) is 2.37. The van der Waals surface area contributed by atoms with Gasteiger partial charge >= 0.3 is 0 Å². The molecule has 0 aliphatic carbocycles. The van der Waals surface area contributed by atoms with Crippen LogP contribution in [0, 0.1) is 6.92 Å². The van der Waals surface area contributed by atoms with E-state index in [0.29, 0.717) is 0 Å². The number of hydrogen-bond acceptors (Lipinski definition) is 5. The molecule has 1 aliphatic heterocycles. The lowest BCUT2D eigenvalue weighted by Gasteiger charge is -2.32. The highest BCUT2D eigenvalue weighted by molar-refractivity contribution is 7.15. The molecule has 2 aromatic rings. The zero-order valence-corrected chi connectivity index (χ0v) is 13.5. The smallest absolute Gasteiger partial charge is 0.108 e. The third-order valence-corrected chi connectivity index (χ3v) is 4.89. The number of aromatic nitrogens is 1. The van der Waals surface area contributed by atoms with Gasteiger partial charge in [0, 0.05) is 32.4 Å². The van der Waals surface area contributed by atoms with Crippen molar-refractivity contribution in [3.63, 3.8) is 0 Å². The Morgan fingerprint density at radius 2 is 1.86 bits per heavy atom. The first kappa shape index (κ1) is 14.7. The molecule has 0 bridgehead atoms. The largest absolute Gasteiger partial charge is 0.304 e. The van der Waals surface area contributed by atoms with Gasteiger partial charge in [0.15, 0.2) is 0 Å². The molecule has 1 fully saturated rings. The van der Waals surface area contributed by atoms with Crippen LogP contribution in [0.3, 0.4) is 0 Å². The fourth-order valence-electron chi connectivity index (χ4n) is 2.39. The first-order valence-corrected chi connectivity index (χ1v) is 8.21. The highest BCUT2D eigenvalue weighted by atomic mass is 32.1. The van der Waals surface area contributed by atoms with Gasteiger partial charge in [0.2, 0.25) is 0 Å². The SMILES string of the molecule is Cc1ccc(-c2cnc(CNN3CCN(C)CC3)s2)cc1. The van der Waals surface area contributed by atoms with Gasteiger partial charge < -0.3 is 4.90 Å². The van der Waals surface area contributed by atoms with Crippen molar-refractivity contribution in [3.05, 3.63) is 41.0 Å². The molecule has 0 saturated carbocycles. The summed E-state index contributed by atoms with van der Waals surface area (Å²) in [5, 5.41) is 3.44. The van der Waals surface area contributed by atoms with Gasteiger partial charge in [-0.1, -0.05) is 29.8 Å². The minimum absolute atomic E-state index is 0.820. The number of nitrogens with one attached hydrogen (secondary N) is 1. The second-order valence-electron chi connectivity index (χ2n) is 5.61. The second-order valence-corrected chi connectivity index (χ2v) is 6.72. The Bertz CT molecular complexity index is 570. The van der Waals surface area contributed by atoms with E-state index in [4.69, 9.17) is 0 Å². The van der Waals surface area contributed by atoms with Gasteiger partial charge in [-0.15, -0.1) is 11.3 Å². The van der Waals surface area contributed by atoms with E-state index in [1.54, 1.807) is 11.3 Å². The Morgan fingerprint density at radius 1 is 1.14 bits per heavy atom. The summed E-state index contributed by atoms with van der Waals surface area (Å²) in [6.07, 6.45) is 1.98. The first-order chi connectivity index (χ1) is 10.2. The van der Waals surface area contributed by atoms with E-state index in [9.17, 15) is 0 Å². The Labute approximate surface area is 130 Å². The molecule has 5 heteroatoms. The van der Waals surface area contributed by atoms with Gasteiger partial charge in [-0.2, -0.15) is 0 Å². The van der Waals surface area contributed by atoms with Crippen molar-refractivity contribution in [2.24, 2.45) is 0 Å². The molecule has 2 heterocycles. The lowest BCUT2D eigenvalue weighted by atomic mass is 10.1. The number of piperazine rings is 1.